The predicted octanol–water partition coefficient (Wildman–Crippen LogP) is 3.30. The largest absolute Gasteiger partial charge is 0.465 e. The van der Waals surface area contributed by atoms with Gasteiger partial charge in [-0.3, -0.25) is 0 Å². The molecule has 0 atom stereocenters. The molecule has 1 aromatic carbocycles. The van der Waals surface area contributed by atoms with Gasteiger partial charge in [0, 0.05) is 6.42 Å². The Labute approximate surface area is 110 Å². The molecule has 0 fully saturated rings. The lowest BCUT2D eigenvalue weighted by Gasteiger charge is -2.10. The number of ether oxygens (including phenoxy) is 1. The van der Waals surface area contributed by atoms with E-state index >= 15 is 0 Å². The number of benzene rings is 1. The van der Waals surface area contributed by atoms with E-state index in [9.17, 15) is 9.59 Å². The van der Waals surface area contributed by atoms with E-state index in [4.69, 9.17) is 23.2 Å². The number of halogens is 2. The molecule has 0 saturated heterocycles. The fourth-order valence-electron chi connectivity index (χ4n) is 1.43. The van der Waals surface area contributed by atoms with Crippen molar-refractivity contribution in [2.45, 2.75) is 19.8 Å². The molecule has 1 aromatic rings. The minimum absolute atomic E-state index is 0.0480. The molecule has 0 radical (unpaired) electrons. The van der Waals surface area contributed by atoms with Crippen molar-refractivity contribution < 1.29 is 14.3 Å². The maximum absolute atomic E-state index is 11.6. The maximum atomic E-state index is 11.6. The van der Waals surface area contributed by atoms with Crippen LogP contribution in [-0.4, -0.2) is 18.9 Å². The van der Waals surface area contributed by atoms with Gasteiger partial charge in [0.15, 0.2) is 0 Å². The zero-order valence-corrected chi connectivity index (χ0v) is 11.1. The third-order valence-corrected chi connectivity index (χ3v) is 3.12. The number of esters is 1. The van der Waals surface area contributed by atoms with E-state index in [2.05, 4.69) is 4.74 Å². The Bertz CT molecular complexity index is 455. The summed E-state index contributed by atoms with van der Waals surface area (Å²) >= 11 is 11.8. The van der Waals surface area contributed by atoms with Gasteiger partial charge < -0.3 is 9.53 Å². The Balaban J connectivity index is 3.15. The second-order valence-corrected chi connectivity index (χ2v) is 4.37. The number of Topliss-reactive ketones (excluding diaryl/α,β-unsaturated/α-hetero) is 1. The Kier molecular flexibility index (Phi) is 4.97. The standard InChI is InChI=1S/C12H12Cl2O3/c1-7(15)3-4-8-5-6-9(13)11(14)10(8)12(16)17-2/h5-6H,3-4H2,1-2H3. The number of hydrogen-bond donors (Lipinski definition) is 0. The molecule has 0 saturated carbocycles. The summed E-state index contributed by atoms with van der Waals surface area (Å²) in [7, 11) is 1.27. The topological polar surface area (TPSA) is 43.4 Å². The van der Waals surface area contributed by atoms with Gasteiger partial charge >= 0.3 is 5.97 Å². The van der Waals surface area contributed by atoms with Gasteiger partial charge in [-0.05, 0) is 25.0 Å². The second-order valence-electron chi connectivity index (χ2n) is 3.59. The van der Waals surface area contributed by atoms with Crippen LogP contribution in [0.1, 0.15) is 29.3 Å². The highest BCUT2D eigenvalue weighted by Gasteiger charge is 2.18. The lowest BCUT2D eigenvalue weighted by molar-refractivity contribution is -0.116. The van der Waals surface area contributed by atoms with Gasteiger partial charge in [0.25, 0.3) is 0 Å². The minimum atomic E-state index is -0.545. The summed E-state index contributed by atoms with van der Waals surface area (Å²) < 4.78 is 4.65. The van der Waals surface area contributed by atoms with Crippen molar-refractivity contribution in [3.63, 3.8) is 0 Å². The van der Waals surface area contributed by atoms with Gasteiger partial charge in [0.1, 0.15) is 5.78 Å². The first-order valence-corrected chi connectivity index (χ1v) is 5.77. The van der Waals surface area contributed by atoms with E-state index in [1.807, 2.05) is 0 Å². The van der Waals surface area contributed by atoms with Gasteiger partial charge in [0.05, 0.1) is 22.7 Å². The molecule has 0 bridgehead atoms. The second kappa shape index (κ2) is 6.03. The number of hydrogen-bond acceptors (Lipinski definition) is 3. The zero-order valence-electron chi connectivity index (χ0n) is 9.55. The van der Waals surface area contributed by atoms with Crippen LogP contribution in [0.15, 0.2) is 12.1 Å². The zero-order chi connectivity index (χ0) is 13.0. The molecule has 5 heteroatoms. The fraction of sp³-hybridized carbons (Fsp3) is 0.333. The number of carbonyl (C=O) groups excluding carboxylic acids is 2. The van der Waals surface area contributed by atoms with E-state index in [0.717, 1.165) is 0 Å². The first-order valence-electron chi connectivity index (χ1n) is 5.02. The van der Waals surface area contributed by atoms with Crippen LogP contribution in [0.3, 0.4) is 0 Å². The van der Waals surface area contributed by atoms with Crippen LogP contribution in [0.5, 0.6) is 0 Å². The molecule has 0 aromatic heterocycles. The molecule has 0 amide bonds. The lowest BCUT2D eigenvalue weighted by Crippen LogP contribution is -2.08. The summed E-state index contributed by atoms with van der Waals surface area (Å²) in [6.45, 7) is 1.50. The lowest BCUT2D eigenvalue weighted by atomic mass is 10.0. The van der Waals surface area contributed by atoms with Gasteiger partial charge in [-0.2, -0.15) is 0 Å². The summed E-state index contributed by atoms with van der Waals surface area (Å²) in [6.07, 6.45) is 0.790. The Hall–Kier alpha value is -1.06. The van der Waals surface area contributed by atoms with Crippen LogP contribution in [0.2, 0.25) is 10.0 Å². The summed E-state index contributed by atoms with van der Waals surface area (Å²) in [5.41, 5.74) is 0.907. The summed E-state index contributed by atoms with van der Waals surface area (Å²) in [4.78, 5) is 22.5. The molecule has 0 aliphatic heterocycles. The third kappa shape index (κ3) is 3.45. The normalized spacial score (nSPS) is 10.1. The maximum Gasteiger partial charge on any atom is 0.339 e. The van der Waals surface area contributed by atoms with E-state index in [1.165, 1.54) is 14.0 Å². The van der Waals surface area contributed by atoms with Crippen molar-refractivity contribution >= 4 is 35.0 Å². The highest BCUT2D eigenvalue weighted by atomic mass is 35.5. The van der Waals surface area contributed by atoms with Crippen molar-refractivity contribution in [3.8, 4) is 0 Å². The molecule has 0 N–H and O–H groups in total. The predicted molar refractivity (Wildman–Crippen MR) is 66.8 cm³/mol. The molecule has 92 valence electrons. The third-order valence-electron chi connectivity index (χ3n) is 2.32. The number of rotatable bonds is 4. The van der Waals surface area contributed by atoms with Gasteiger partial charge in [0.2, 0.25) is 0 Å². The monoisotopic (exact) mass is 274 g/mol. The summed E-state index contributed by atoms with van der Waals surface area (Å²) in [6, 6.07) is 3.29. The highest BCUT2D eigenvalue weighted by molar-refractivity contribution is 6.43. The minimum Gasteiger partial charge on any atom is -0.465 e. The molecule has 1 rings (SSSR count). The highest BCUT2D eigenvalue weighted by Crippen LogP contribution is 2.29. The van der Waals surface area contributed by atoms with Crippen LogP contribution in [0, 0.1) is 0 Å². The van der Waals surface area contributed by atoms with Gasteiger partial charge in [-0.25, -0.2) is 4.79 Å². The number of aryl methyl sites for hydroxylation is 1. The van der Waals surface area contributed by atoms with Crippen molar-refractivity contribution in [3.05, 3.63) is 33.3 Å². The Morgan fingerprint density at radius 1 is 1.29 bits per heavy atom. The van der Waals surface area contributed by atoms with Crippen LogP contribution >= 0.6 is 23.2 Å². The van der Waals surface area contributed by atoms with E-state index in [0.29, 0.717) is 23.4 Å². The molecule has 0 unspecified atom stereocenters. The van der Waals surface area contributed by atoms with E-state index in [-0.39, 0.29) is 16.4 Å². The molecule has 17 heavy (non-hydrogen) atoms. The smallest absolute Gasteiger partial charge is 0.339 e. The summed E-state index contributed by atoms with van der Waals surface area (Å²) in [5, 5.41) is 0.457. The van der Waals surface area contributed by atoms with E-state index < -0.39 is 5.97 Å². The van der Waals surface area contributed by atoms with Crippen molar-refractivity contribution in [2.24, 2.45) is 0 Å². The number of ketones is 1. The Morgan fingerprint density at radius 2 is 1.94 bits per heavy atom. The van der Waals surface area contributed by atoms with Crippen molar-refractivity contribution in [2.75, 3.05) is 7.11 Å². The summed E-state index contributed by atoms with van der Waals surface area (Å²) in [5.74, 6) is -0.497. The number of carbonyl (C=O) groups is 2. The average Bonchev–Trinajstić information content (AvgIpc) is 2.29. The molecule has 3 nitrogen and oxygen atoms in total. The van der Waals surface area contributed by atoms with Crippen molar-refractivity contribution in [1.29, 1.82) is 0 Å². The Morgan fingerprint density at radius 3 is 2.47 bits per heavy atom. The molecule has 0 heterocycles. The van der Waals surface area contributed by atoms with Gasteiger partial charge in [-0.1, -0.05) is 29.3 Å². The quantitative estimate of drug-likeness (QED) is 0.792. The molecular formula is C12H12Cl2O3. The van der Waals surface area contributed by atoms with Crippen LogP contribution in [0.25, 0.3) is 0 Å². The van der Waals surface area contributed by atoms with Crippen molar-refractivity contribution in [1.82, 2.24) is 0 Å². The molecular weight excluding hydrogens is 263 g/mol. The SMILES string of the molecule is COC(=O)c1c(CCC(C)=O)ccc(Cl)c1Cl. The molecule has 0 aliphatic carbocycles. The van der Waals surface area contributed by atoms with Crippen LogP contribution in [-0.2, 0) is 16.0 Å². The average molecular weight is 275 g/mol. The van der Waals surface area contributed by atoms with Gasteiger partial charge in [-0.15, -0.1) is 0 Å². The molecule has 0 spiro atoms. The molecule has 0 aliphatic rings. The van der Waals surface area contributed by atoms with Crippen LogP contribution in [0.4, 0.5) is 0 Å². The van der Waals surface area contributed by atoms with Crippen LogP contribution < -0.4 is 0 Å². The van der Waals surface area contributed by atoms with E-state index in [1.54, 1.807) is 12.1 Å². The number of methoxy groups -OCH3 is 1. The first-order chi connectivity index (χ1) is 7.97. The fourth-order valence-corrected chi connectivity index (χ4v) is 1.85. The first kappa shape index (κ1) is 14.0.